The maximum atomic E-state index is 10.5. The third-order valence-corrected chi connectivity index (χ3v) is 2.88. The molecular formula is C16H17NO. The van der Waals surface area contributed by atoms with Crippen LogP contribution < -0.4 is 5.32 Å². The van der Waals surface area contributed by atoms with Crippen LogP contribution in [-0.4, -0.2) is 12.8 Å². The standard InChI is InChI=1S/C16H17NO/c18-13-16-8-6-15(7-9-16)12-17-11-10-14-4-2-1-3-5-14/h1-9,13,17H,10-12H2. The summed E-state index contributed by atoms with van der Waals surface area (Å²) in [6, 6.07) is 18.1. The van der Waals surface area contributed by atoms with Crippen molar-refractivity contribution in [2.75, 3.05) is 6.54 Å². The average molecular weight is 239 g/mol. The minimum absolute atomic E-state index is 0.725. The molecular weight excluding hydrogens is 222 g/mol. The minimum Gasteiger partial charge on any atom is -0.312 e. The first-order valence-corrected chi connectivity index (χ1v) is 6.17. The van der Waals surface area contributed by atoms with Gasteiger partial charge in [0.2, 0.25) is 0 Å². The lowest BCUT2D eigenvalue weighted by Gasteiger charge is -2.05. The molecule has 0 amide bonds. The molecule has 0 saturated carbocycles. The molecule has 0 bridgehead atoms. The Morgan fingerprint density at radius 1 is 0.889 bits per heavy atom. The molecule has 0 aliphatic carbocycles. The third-order valence-electron chi connectivity index (χ3n) is 2.88. The Labute approximate surface area is 108 Å². The Kier molecular flexibility index (Phi) is 4.68. The van der Waals surface area contributed by atoms with Crippen LogP contribution in [0.25, 0.3) is 0 Å². The lowest BCUT2D eigenvalue weighted by atomic mass is 10.1. The Bertz CT molecular complexity index is 476. The van der Waals surface area contributed by atoms with E-state index in [1.807, 2.05) is 30.3 Å². The van der Waals surface area contributed by atoms with Gasteiger partial charge in [-0.25, -0.2) is 0 Å². The molecule has 0 unspecified atom stereocenters. The predicted molar refractivity (Wildman–Crippen MR) is 73.7 cm³/mol. The summed E-state index contributed by atoms with van der Waals surface area (Å²) < 4.78 is 0. The first-order chi connectivity index (χ1) is 8.88. The second-order valence-corrected chi connectivity index (χ2v) is 4.27. The molecule has 18 heavy (non-hydrogen) atoms. The minimum atomic E-state index is 0.725. The zero-order valence-corrected chi connectivity index (χ0v) is 10.3. The Morgan fingerprint density at radius 2 is 1.61 bits per heavy atom. The number of carbonyl (C=O) groups excluding carboxylic acids is 1. The summed E-state index contributed by atoms with van der Waals surface area (Å²) in [6.45, 7) is 1.80. The molecule has 0 heterocycles. The van der Waals surface area contributed by atoms with Gasteiger partial charge < -0.3 is 5.32 Å². The number of aldehydes is 1. The van der Waals surface area contributed by atoms with Gasteiger partial charge in [-0.15, -0.1) is 0 Å². The van der Waals surface area contributed by atoms with E-state index in [2.05, 4.69) is 29.6 Å². The quantitative estimate of drug-likeness (QED) is 0.620. The Morgan fingerprint density at radius 3 is 2.28 bits per heavy atom. The third kappa shape index (κ3) is 3.82. The highest BCUT2D eigenvalue weighted by Gasteiger charge is 1.94. The fourth-order valence-corrected chi connectivity index (χ4v) is 1.82. The summed E-state index contributed by atoms with van der Waals surface area (Å²) in [4.78, 5) is 10.5. The van der Waals surface area contributed by atoms with Crippen molar-refractivity contribution in [1.29, 1.82) is 0 Å². The molecule has 92 valence electrons. The van der Waals surface area contributed by atoms with Crippen LogP contribution in [0.2, 0.25) is 0 Å². The largest absolute Gasteiger partial charge is 0.312 e. The Balaban J connectivity index is 1.73. The second kappa shape index (κ2) is 6.72. The van der Waals surface area contributed by atoms with Gasteiger partial charge in [-0.1, -0.05) is 54.6 Å². The Hall–Kier alpha value is -1.93. The van der Waals surface area contributed by atoms with Crippen LogP contribution in [-0.2, 0) is 13.0 Å². The number of hydrogen-bond donors (Lipinski definition) is 1. The van der Waals surface area contributed by atoms with E-state index in [9.17, 15) is 4.79 Å². The van der Waals surface area contributed by atoms with Gasteiger partial charge in [-0.2, -0.15) is 0 Å². The summed E-state index contributed by atoms with van der Waals surface area (Å²) in [6.07, 6.45) is 1.90. The number of benzene rings is 2. The number of rotatable bonds is 6. The molecule has 0 aliphatic rings. The molecule has 1 N–H and O–H groups in total. The van der Waals surface area contributed by atoms with E-state index in [0.717, 1.165) is 31.4 Å². The fraction of sp³-hybridized carbons (Fsp3) is 0.188. The van der Waals surface area contributed by atoms with E-state index in [4.69, 9.17) is 0 Å². The molecule has 0 spiro atoms. The molecule has 2 heteroatoms. The van der Waals surface area contributed by atoms with Crippen LogP contribution in [0.1, 0.15) is 21.5 Å². The molecule has 2 aromatic carbocycles. The molecule has 0 radical (unpaired) electrons. The first kappa shape index (κ1) is 12.5. The van der Waals surface area contributed by atoms with Crippen molar-refractivity contribution in [3.8, 4) is 0 Å². The van der Waals surface area contributed by atoms with Crippen molar-refractivity contribution < 1.29 is 4.79 Å². The van der Waals surface area contributed by atoms with Gasteiger partial charge in [0.1, 0.15) is 6.29 Å². The molecule has 0 saturated heterocycles. The lowest BCUT2D eigenvalue weighted by molar-refractivity contribution is 0.112. The van der Waals surface area contributed by atoms with E-state index in [0.29, 0.717) is 0 Å². The van der Waals surface area contributed by atoms with Crippen molar-refractivity contribution in [3.63, 3.8) is 0 Å². The molecule has 0 fully saturated rings. The van der Waals surface area contributed by atoms with Crippen LogP contribution in [0.5, 0.6) is 0 Å². The fourth-order valence-electron chi connectivity index (χ4n) is 1.82. The SMILES string of the molecule is O=Cc1ccc(CNCCc2ccccc2)cc1. The van der Waals surface area contributed by atoms with Crippen LogP contribution >= 0.6 is 0 Å². The van der Waals surface area contributed by atoms with Gasteiger partial charge in [0.05, 0.1) is 0 Å². The smallest absolute Gasteiger partial charge is 0.150 e. The van der Waals surface area contributed by atoms with Crippen LogP contribution in [0.15, 0.2) is 54.6 Å². The second-order valence-electron chi connectivity index (χ2n) is 4.27. The number of hydrogen-bond acceptors (Lipinski definition) is 2. The van der Waals surface area contributed by atoms with Crippen molar-refractivity contribution in [2.45, 2.75) is 13.0 Å². The summed E-state index contributed by atoms with van der Waals surface area (Å²) in [5, 5.41) is 3.40. The van der Waals surface area contributed by atoms with Crippen LogP contribution in [0, 0.1) is 0 Å². The summed E-state index contributed by atoms with van der Waals surface area (Å²) in [5.74, 6) is 0. The van der Waals surface area contributed by atoms with Crippen molar-refractivity contribution in [3.05, 3.63) is 71.3 Å². The van der Waals surface area contributed by atoms with Crippen LogP contribution in [0.3, 0.4) is 0 Å². The highest BCUT2D eigenvalue weighted by molar-refractivity contribution is 5.74. The lowest BCUT2D eigenvalue weighted by Crippen LogP contribution is -2.16. The molecule has 0 atom stereocenters. The highest BCUT2D eigenvalue weighted by Crippen LogP contribution is 2.02. The first-order valence-electron chi connectivity index (χ1n) is 6.17. The van der Waals surface area contributed by atoms with Gasteiger partial charge in [0.15, 0.2) is 0 Å². The maximum Gasteiger partial charge on any atom is 0.150 e. The monoisotopic (exact) mass is 239 g/mol. The van der Waals surface area contributed by atoms with Crippen LogP contribution in [0.4, 0.5) is 0 Å². The molecule has 2 nitrogen and oxygen atoms in total. The summed E-state index contributed by atoms with van der Waals surface area (Å²) >= 11 is 0. The maximum absolute atomic E-state index is 10.5. The number of nitrogens with one attached hydrogen (secondary N) is 1. The van der Waals surface area contributed by atoms with Gasteiger partial charge in [-0.05, 0) is 24.1 Å². The number of carbonyl (C=O) groups is 1. The van der Waals surface area contributed by atoms with Gasteiger partial charge >= 0.3 is 0 Å². The molecule has 0 aliphatic heterocycles. The van der Waals surface area contributed by atoms with Crippen molar-refractivity contribution in [2.24, 2.45) is 0 Å². The van der Waals surface area contributed by atoms with E-state index in [1.165, 1.54) is 11.1 Å². The van der Waals surface area contributed by atoms with Crippen molar-refractivity contribution in [1.82, 2.24) is 5.32 Å². The highest BCUT2D eigenvalue weighted by atomic mass is 16.1. The van der Waals surface area contributed by atoms with E-state index < -0.39 is 0 Å². The average Bonchev–Trinajstić information content (AvgIpc) is 2.45. The van der Waals surface area contributed by atoms with E-state index >= 15 is 0 Å². The zero-order chi connectivity index (χ0) is 12.6. The summed E-state index contributed by atoms with van der Waals surface area (Å²) in [7, 11) is 0. The van der Waals surface area contributed by atoms with Crippen molar-refractivity contribution >= 4 is 6.29 Å². The summed E-state index contributed by atoms with van der Waals surface area (Å²) in [5.41, 5.74) is 3.28. The van der Waals surface area contributed by atoms with Gasteiger partial charge in [-0.3, -0.25) is 4.79 Å². The van der Waals surface area contributed by atoms with E-state index in [-0.39, 0.29) is 0 Å². The van der Waals surface area contributed by atoms with E-state index in [1.54, 1.807) is 0 Å². The predicted octanol–water partition coefficient (Wildman–Crippen LogP) is 2.83. The molecule has 0 aromatic heterocycles. The molecule has 2 rings (SSSR count). The zero-order valence-electron chi connectivity index (χ0n) is 10.3. The van der Waals surface area contributed by atoms with Gasteiger partial charge in [0, 0.05) is 12.1 Å². The topological polar surface area (TPSA) is 29.1 Å². The van der Waals surface area contributed by atoms with Gasteiger partial charge in [0.25, 0.3) is 0 Å². The molecule has 2 aromatic rings. The normalized spacial score (nSPS) is 10.2.